The predicted molar refractivity (Wildman–Crippen MR) is 126 cm³/mol. The smallest absolute Gasteiger partial charge is 0.275 e. The number of nitrogens with one attached hydrogen (secondary N) is 2. The molecule has 33 heavy (non-hydrogen) atoms. The number of methoxy groups -OCH3 is 1. The van der Waals surface area contributed by atoms with Gasteiger partial charge in [-0.25, -0.2) is 23.4 Å². The molecule has 1 amide bonds. The fourth-order valence-corrected chi connectivity index (χ4v) is 4.83. The molecule has 0 radical (unpaired) electrons. The average Bonchev–Trinajstić information content (AvgIpc) is 3.32. The van der Waals surface area contributed by atoms with Gasteiger partial charge in [-0.15, -0.1) is 11.3 Å². The van der Waals surface area contributed by atoms with Crippen LogP contribution in [0.3, 0.4) is 0 Å². The van der Waals surface area contributed by atoms with Gasteiger partial charge in [0.15, 0.2) is 4.90 Å². The number of amides is 1. The Morgan fingerprint density at radius 3 is 2.58 bits per heavy atom. The number of benzene rings is 1. The SMILES string of the molecule is COc1ncc(NC(=O)c2csc(-c3ccccc3)n2)cc1S(=O)(=O)Nc1ccc(Cl)cn1. The van der Waals surface area contributed by atoms with Crippen molar-refractivity contribution in [2.45, 2.75) is 4.90 Å². The predicted octanol–water partition coefficient (Wildman–Crippen LogP) is 4.32. The lowest BCUT2D eigenvalue weighted by molar-refractivity contribution is 0.102. The molecule has 0 aliphatic heterocycles. The molecule has 2 N–H and O–H groups in total. The minimum atomic E-state index is -4.13. The van der Waals surface area contributed by atoms with Crippen LogP contribution in [-0.2, 0) is 10.0 Å². The number of carbonyl (C=O) groups is 1. The van der Waals surface area contributed by atoms with Gasteiger partial charge in [0, 0.05) is 17.1 Å². The van der Waals surface area contributed by atoms with Crippen molar-refractivity contribution in [3.8, 4) is 16.5 Å². The number of anilines is 2. The van der Waals surface area contributed by atoms with Crippen molar-refractivity contribution in [2.75, 3.05) is 17.1 Å². The summed E-state index contributed by atoms with van der Waals surface area (Å²) in [5, 5.41) is 5.30. The third kappa shape index (κ3) is 5.28. The Kier molecular flexibility index (Phi) is 6.54. The molecule has 1 aromatic carbocycles. The number of halogens is 1. The van der Waals surface area contributed by atoms with E-state index < -0.39 is 15.9 Å². The highest BCUT2D eigenvalue weighted by molar-refractivity contribution is 7.92. The van der Waals surface area contributed by atoms with Gasteiger partial charge < -0.3 is 10.1 Å². The van der Waals surface area contributed by atoms with Crippen molar-refractivity contribution >= 4 is 50.4 Å². The standard InChI is InChI=1S/C21H16ClN5O4S2/c1-31-20-17(33(29,30)27-18-8-7-14(22)10-23-18)9-15(11-24-20)25-19(28)16-12-32-21(26-16)13-5-3-2-4-6-13/h2-12H,1H3,(H,23,27)(H,25,28). The lowest BCUT2D eigenvalue weighted by Gasteiger charge is -2.12. The van der Waals surface area contributed by atoms with E-state index >= 15 is 0 Å². The molecule has 4 rings (SSSR count). The highest BCUT2D eigenvalue weighted by Gasteiger charge is 2.23. The summed E-state index contributed by atoms with van der Waals surface area (Å²) < 4.78 is 33.2. The molecule has 0 saturated heterocycles. The topological polar surface area (TPSA) is 123 Å². The van der Waals surface area contributed by atoms with E-state index in [-0.39, 0.29) is 28.0 Å². The van der Waals surface area contributed by atoms with Gasteiger partial charge in [0.1, 0.15) is 16.5 Å². The Hall–Kier alpha value is -3.54. The van der Waals surface area contributed by atoms with E-state index in [1.807, 2.05) is 30.3 Å². The van der Waals surface area contributed by atoms with Crippen LogP contribution in [0.2, 0.25) is 5.02 Å². The lowest BCUT2D eigenvalue weighted by Crippen LogP contribution is -2.17. The number of carbonyl (C=O) groups excluding carboxylic acids is 1. The van der Waals surface area contributed by atoms with Crippen molar-refractivity contribution < 1.29 is 17.9 Å². The van der Waals surface area contributed by atoms with Gasteiger partial charge in [0.25, 0.3) is 15.9 Å². The number of nitrogens with zero attached hydrogens (tertiary/aromatic N) is 3. The average molecular weight is 502 g/mol. The van der Waals surface area contributed by atoms with E-state index in [2.05, 4.69) is 25.0 Å². The number of sulfonamides is 1. The fourth-order valence-electron chi connectivity index (χ4n) is 2.76. The normalized spacial score (nSPS) is 11.1. The van der Waals surface area contributed by atoms with E-state index in [1.165, 1.54) is 49.0 Å². The lowest BCUT2D eigenvalue weighted by atomic mass is 10.2. The summed E-state index contributed by atoms with van der Waals surface area (Å²) in [6.45, 7) is 0. The molecule has 3 heterocycles. The molecule has 168 valence electrons. The van der Waals surface area contributed by atoms with E-state index in [0.717, 1.165) is 5.56 Å². The number of hydrogen-bond donors (Lipinski definition) is 2. The molecule has 9 nitrogen and oxygen atoms in total. The molecule has 0 unspecified atom stereocenters. The molecular formula is C21H16ClN5O4S2. The van der Waals surface area contributed by atoms with Crippen LogP contribution >= 0.6 is 22.9 Å². The zero-order valence-electron chi connectivity index (χ0n) is 17.0. The molecule has 0 saturated carbocycles. The monoisotopic (exact) mass is 501 g/mol. The summed E-state index contributed by atoms with van der Waals surface area (Å²) in [4.78, 5) is 24.7. The number of hydrogen-bond acceptors (Lipinski definition) is 8. The number of thiazole rings is 1. The van der Waals surface area contributed by atoms with Gasteiger partial charge in [0.05, 0.1) is 24.0 Å². The number of rotatable bonds is 7. The van der Waals surface area contributed by atoms with Crippen LogP contribution in [0, 0.1) is 0 Å². The molecule has 0 aliphatic carbocycles. The van der Waals surface area contributed by atoms with E-state index in [9.17, 15) is 13.2 Å². The van der Waals surface area contributed by atoms with Crippen LogP contribution < -0.4 is 14.8 Å². The summed E-state index contributed by atoms with van der Waals surface area (Å²) in [6.07, 6.45) is 2.60. The van der Waals surface area contributed by atoms with Gasteiger partial charge in [-0.2, -0.15) is 0 Å². The van der Waals surface area contributed by atoms with Crippen molar-refractivity contribution in [3.05, 3.63) is 77.0 Å². The first-order valence-electron chi connectivity index (χ1n) is 9.36. The first-order valence-corrected chi connectivity index (χ1v) is 12.1. The summed E-state index contributed by atoms with van der Waals surface area (Å²) >= 11 is 7.12. The first kappa shape index (κ1) is 22.6. The largest absolute Gasteiger partial charge is 0.480 e. The highest BCUT2D eigenvalue weighted by Crippen LogP contribution is 2.27. The van der Waals surface area contributed by atoms with Crippen LogP contribution in [0.5, 0.6) is 5.88 Å². The molecule has 0 atom stereocenters. The van der Waals surface area contributed by atoms with Crippen LogP contribution in [0.15, 0.2) is 71.2 Å². The maximum absolute atomic E-state index is 12.9. The molecule has 3 aromatic heterocycles. The Morgan fingerprint density at radius 2 is 1.88 bits per heavy atom. The molecule has 0 bridgehead atoms. The van der Waals surface area contributed by atoms with Crippen LogP contribution in [0.25, 0.3) is 10.6 Å². The molecular weight excluding hydrogens is 486 g/mol. The van der Waals surface area contributed by atoms with Crippen molar-refractivity contribution in [3.63, 3.8) is 0 Å². The minimum Gasteiger partial charge on any atom is -0.480 e. The molecule has 4 aromatic rings. The van der Waals surface area contributed by atoms with E-state index in [0.29, 0.717) is 10.0 Å². The highest BCUT2D eigenvalue weighted by atomic mass is 35.5. The minimum absolute atomic E-state index is 0.0619. The summed E-state index contributed by atoms with van der Waals surface area (Å²) in [6, 6.07) is 13.6. The molecule has 12 heteroatoms. The fraction of sp³-hybridized carbons (Fsp3) is 0.0476. The third-order valence-corrected chi connectivity index (χ3v) is 6.75. The quantitative estimate of drug-likeness (QED) is 0.386. The summed E-state index contributed by atoms with van der Waals surface area (Å²) in [7, 11) is -2.84. The first-order chi connectivity index (χ1) is 15.9. The Bertz CT molecular complexity index is 1390. The van der Waals surface area contributed by atoms with Gasteiger partial charge in [-0.05, 0) is 18.2 Å². The number of ether oxygens (including phenoxy) is 1. The second-order valence-corrected chi connectivity index (χ2v) is 9.50. The number of aromatic nitrogens is 3. The Labute approximate surface area is 198 Å². The molecule has 0 fully saturated rings. The van der Waals surface area contributed by atoms with Crippen molar-refractivity contribution in [1.29, 1.82) is 0 Å². The van der Waals surface area contributed by atoms with Gasteiger partial charge >= 0.3 is 0 Å². The van der Waals surface area contributed by atoms with Crippen molar-refractivity contribution in [1.82, 2.24) is 15.0 Å². The van der Waals surface area contributed by atoms with Crippen LogP contribution in [0.1, 0.15) is 10.5 Å². The van der Waals surface area contributed by atoms with E-state index in [4.69, 9.17) is 16.3 Å². The van der Waals surface area contributed by atoms with Crippen LogP contribution in [0.4, 0.5) is 11.5 Å². The zero-order chi connectivity index (χ0) is 23.4. The van der Waals surface area contributed by atoms with Gasteiger partial charge in [-0.3, -0.25) is 9.52 Å². The van der Waals surface area contributed by atoms with Crippen LogP contribution in [-0.4, -0.2) is 36.4 Å². The maximum atomic E-state index is 12.9. The third-order valence-electron chi connectivity index (χ3n) is 4.28. The Balaban J connectivity index is 1.57. The molecule has 0 spiro atoms. The Morgan fingerprint density at radius 1 is 1.09 bits per heavy atom. The second kappa shape index (κ2) is 9.53. The second-order valence-electron chi connectivity index (χ2n) is 6.56. The summed E-state index contributed by atoms with van der Waals surface area (Å²) in [5.74, 6) is -0.586. The van der Waals surface area contributed by atoms with Crippen molar-refractivity contribution in [2.24, 2.45) is 0 Å². The zero-order valence-corrected chi connectivity index (χ0v) is 19.4. The maximum Gasteiger partial charge on any atom is 0.275 e. The van der Waals surface area contributed by atoms with Gasteiger partial charge in [-0.1, -0.05) is 41.9 Å². The summed E-state index contributed by atoms with van der Waals surface area (Å²) in [5.41, 5.74) is 1.24. The van der Waals surface area contributed by atoms with Gasteiger partial charge in [0.2, 0.25) is 5.88 Å². The molecule has 0 aliphatic rings. The number of pyridine rings is 2. The van der Waals surface area contributed by atoms with E-state index in [1.54, 1.807) is 5.38 Å².